The summed E-state index contributed by atoms with van der Waals surface area (Å²) in [5, 5.41) is 14.2. The van der Waals surface area contributed by atoms with Gasteiger partial charge in [0.2, 0.25) is 0 Å². The Bertz CT molecular complexity index is 763. The number of ether oxygens (including phenoxy) is 1. The van der Waals surface area contributed by atoms with Gasteiger partial charge < -0.3 is 15.0 Å². The predicted molar refractivity (Wildman–Crippen MR) is 98.6 cm³/mol. The fourth-order valence-electron chi connectivity index (χ4n) is 2.67. The van der Waals surface area contributed by atoms with Crippen molar-refractivity contribution in [3.05, 3.63) is 69.8 Å². The summed E-state index contributed by atoms with van der Waals surface area (Å²) in [5.41, 5.74) is 1.01. The summed E-state index contributed by atoms with van der Waals surface area (Å²) >= 11 is 0. The van der Waals surface area contributed by atoms with E-state index in [2.05, 4.69) is 5.32 Å². The van der Waals surface area contributed by atoms with E-state index in [0.29, 0.717) is 13.2 Å². The van der Waals surface area contributed by atoms with Crippen LogP contribution in [0.4, 0.5) is 5.69 Å². The number of hydrogen-bond acceptors (Lipinski definition) is 4. The van der Waals surface area contributed by atoms with Gasteiger partial charge in [-0.2, -0.15) is 0 Å². The van der Waals surface area contributed by atoms with E-state index in [4.69, 9.17) is 4.74 Å². The highest BCUT2D eigenvalue weighted by atomic mass is 16.6. The zero-order valence-corrected chi connectivity index (χ0v) is 15.2. The Hall–Kier alpha value is -2.93. The predicted octanol–water partition coefficient (Wildman–Crippen LogP) is 1.61. The molecule has 0 radical (unpaired) electrons. The minimum absolute atomic E-state index is 0.159. The third kappa shape index (κ3) is 5.03. The van der Waals surface area contributed by atoms with Gasteiger partial charge in [-0.15, -0.1) is 0 Å². The molecule has 0 fully saturated rings. The molecule has 2 aromatic rings. The van der Waals surface area contributed by atoms with E-state index in [1.54, 1.807) is 6.92 Å². The molecule has 26 heavy (non-hydrogen) atoms. The summed E-state index contributed by atoms with van der Waals surface area (Å²) < 4.78 is 5.26. The first kappa shape index (κ1) is 19.4. The number of amides is 1. The quantitative estimate of drug-likeness (QED) is 0.554. The third-order valence-electron chi connectivity index (χ3n) is 3.84. The summed E-state index contributed by atoms with van der Waals surface area (Å²) in [7, 11) is 4.01. The summed E-state index contributed by atoms with van der Waals surface area (Å²) in [6.45, 7) is 2.75. The zero-order chi connectivity index (χ0) is 19.1. The number of rotatable bonds is 8. The third-order valence-corrected chi connectivity index (χ3v) is 3.84. The number of likely N-dealkylation sites (N-methyl/N-ethyl adjacent to an activating group) is 1. The number of nitrogens with zero attached hydrogens (tertiary/aromatic N) is 1. The second kappa shape index (κ2) is 8.96. The maximum Gasteiger partial charge on any atom is 0.311 e. The Morgan fingerprint density at radius 2 is 1.92 bits per heavy atom. The summed E-state index contributed by atoms with van der Waals surface area (Å²) in [6.07, 6.45) is 0. The average molecular weight is 358 g/mol. The second-order valence-corrected chi connectivity index (χ2v) is 6.22. The smallest absolute Gasteiger partial charge is 0.311 e. The molecule has 0 aliphatic rings. The summed E-state index contributed by atoms with van der Waals surface area (Å²) in [4.78, 5) is 24.6. The molecular weight excluding hydrogens is 334 g/mol. The van der Waals surface area contributed by atoms with Crippen LogP contribution in [-0.4, -0.2) is 38.1 Å². The Morgan fingerprint density at radius 3 is 2.50 bits per heavy atom. The number of benzene rings is 2. The van der Waals surface area contributed by atoms with Crippen molar-refractivity contribution in [2.45, 2.75) is 13.0 Å². The number of quaternary nitrogens is 1. The molecule has 0 unspecified atom stereocenters. The normalized spacial score (nSPS) is 11.8. The van der Waals surface area contributed by atoms with Gasteiger partial charge in [-0.3, -0.25) is 14.9 Å². The molecule has 1 atom stereocenters. The molecule has 2 N–H and O–H groups in total. The van der Waals surface area contributed by atoms with Crippen molar-refractivity contribution in [2.75, 3.05) is 27.2 Å². The summed E-state index contributed by atoms with van der Waals surface area (Å²) in [5.74, 6) is -0.197. The van der Waals surface area contributed by atoms with Crippen LogP contribution in [0.1, 0.15) is 28.9 Å². The molecular formula is C19H24N3O4+. The van der Waals surface area contributed by atoms with E-state index >= 15 is 0 Å². The molecule has 0 saturated heterocycles. The van der Waals surface area contributed by atoms with Crippen molar-refractivity contribution in [3.63, 3.8) is 0 Å². The van der Waals surface area contributed by atoms with Crippen LogP contribution in [0.2, 0.25) is 0 Å². The topological polar surface area (TPSA) is 85.9 Å². The molecule has 2 rings (SSSR count). The number of carbonyl (C=O) groups is 1. The molecule has 0 aromatic heterocycles. The fraction of sp³-hybridized carbons (Fsp3) is 0.316. The molecule has 7 nitrogen and oxygen atoms in total. The van der Waals surface area contributed by atoms with Crippen molar-refractivity contribution in [2.24, 2.45) is 0 Å². The van der Waals surface area contributed by atoms with Crippen LogP contribution in [0.15, 0.2) is 48.5 Å². The lowest BCUT2D eigenvalue weighted by Crippen LogP contribution is -3.06. The number of nitro groups is 1. The lowest BCUT2D eigenvalue weighted by Gasteiger charge is -2.21. The van der Waals surface area contributed by atoms with Crippen LogP contribution in [-0.2, 0) is 0 Å². The second-order valence-electron chi connectivity index (χ2n) is 6.22. The lowest BCUT2D eigenvalue weighted by atomic mass is 10.1. The van der Waals surface area contributed by atoms with Crippen molar-refractivity contribution in [1.29, 1.82) is 0 Å². The molecule has 0 saturated carbocycles. The van der Waals surface area contributed by atoms with E-state index in [0.717, 1.165) is 5.56 Å². The fourth-order valence-corrected chi connectivity index (χ4v) is 2.67. The van der Waals surface area contributed by atoms with Gasteiger partial charge >= 0.3 is 5.69 Å². The molecule has 0 aliphatic heterocycles. The first-order chi connectivity index (χ1) is 12.4. The highest BCUT2D eigenvalue weighted by Crippen LogP contribution is 2.28. The molecule has 1 amide bonds. The Balaban J connectivity index is 2.26. The Labute approximate surface area is 152 Å². The summed E-state index contributed by atoms with van der Waals surface area (Å²) in [6, 6.07) is 13.7. The molecule has 0 spiro atoms. The lowest BCUT2D eigenvalue weighted by molar-refractivity contribution is -0.860. The van der Waals surface area contributed by atoms with E-state index in [1.807, 2.05) is 44.4 Å². The Morgan fingerprint density at radius 1 is 1.23 bits per heavy atom. The maximum absolute atomic E-state index is 12.7. The standard InChI is InChI=1S/C19H23N3O4/c1-4-26-18-11-10-15(12-17(18)22(24)25)19(23)20-16(13-21(2)3)14-8-6-5-7-9-14/h5-12,16H,4,13H2,1-3H3,(H,20,23)/p+1/t16-/m1/s1. The minimum Gasteiger partial charge on any atom is -0.487 e. The average Bonchev–Trinajstić information content (AvgIpc) is 2.61. The van der Waals surface area contributed by atoms with Crippen molar-refractivity contribution >= 4 is 11.6 Å². The van der Waals surface area contributed by atoms with Gasteiger partial charge in [-0.1, -0.05) is 30.3 Å². The number of hydrogen-bond donors (Lipinski definition) is 2. The monoisotopic (exact) mass is 358 g/mol. The van der Waals surface area contributed by atoms with Crippen LogP contribution >= 0.6 is 0 Å². The van der Waals surface area contributed by atoms with Gasteiger partial charge in [0.25, 0.3) is 5.91 Å². The van der Waals surface area contributed by atoms with Crippen molar-refractivity contribution in [1.82, 2.24) is 5.32 Å². The SMILES string of the molecule is CCOc1ccc(C(=O)N[C@H](C[NH+](C)C)c2ccccc2)cc1[N+](=O)[O-]. The molecule has 0 heterocycles. The first-order valence-corrected chi connectivity index (χ1v) is 8.48. The van der Waals surface area contributed by atoms with E-state index in [-0.39, 0.29) is 28.9 Å². The number of carbonyl (C=O) groups excluding carboxylic acids is 1. The van der Waals surface area contributed by atoms with Crippen LogP contribution in [0.5, 0.6) is 5.75 Å². The largest absolute Gasteiger partial charge is 0.487 e. The van der Waals surface area contributed by atoms with Crippen LogP contribution < -0.4 is 15.0 Å². The van der Waals surface area contributed by atoms with E-state index in [1.165, 1.54) is 23.1 Å². The van der Waals surface area contributed by atoms with E-state index < -0.39 is 4.92 Å². The molecule has 138 valence electrons. The molecule has 0 aliphatic carbocycles. The van der Waals surface area contributed by atoms with Gasteiger partial charge in [-0.25, -0.2) is 0 Å². The highest BCUT2D eigenvalue weighted by Gasteiger charge is 2.22. The van der Waals surface area contributed by atoms with Crippen LogP contribution in [0, 0.1) is 10.1 Å². The number of nitro benzene ring substituents is 1. The molecule has 7 heteroatoms. The van der Waals surface area contributed by atoms with Gasteiger partial charge in [0.15, 0.2) is 5.75 Å². The van der Waals surface area contributed by atoms with Gasteiger partial charge in [0.05, 0.1) is 25.6 Å². The van der Waals surface area contributed by atoms with E-state index in [9.17, 15) is 14.9 Å². The first-order valence-electron chi connectivity index (χ1n) is 8.48. The van der Waals surface area contributed by atoms with Crippen LogP contribution in [0.3, 0.4) is 0 Å². The van der Waals surface area contributed by atoms with Gasteiger partial charge in [0.1, 0.15) is 12.6 Å². The molecule has 2 aromatic carbocycles. The van der Waals surface area contributed by atoms with Crippen LogP contribution in [0.25, 0.3) is 0 Å². The zero-order valence-electron chi connectivity index (χ0n) is 15.2. The van der Waals surface area contributed by atoms with Gasteiger partial charge in [0, 0.05) is 11.6 Å². The van der Waals surface area contributed by atoms with Gasteiger partial charge in [-0.05, 0) is 24.6 Å². The highest BCUT2D eigenvalue weighted by molar-refractivity contribution is 5.95. The maximum atomic E-state index is 12.7. The Kier molecular flexibility index (Phi) is 6.68. The minimum atomic E-state index is -0.541. The number of nitrogens with one attached hydrogen (secondary N) is 2. The molecule has 0 bridgehead atoms. The van der Waals surface area contributed by atoms with Crippen molar-refractivity contribution < 1.29 is 19.4 Å². The van der Waals surface area contributed by atoms with Crippen molar-refractivity contribution in [3.8, 4) is 5.75 Å².